The molecule has 0 saturated carbocycles. The highest BCUT2D eigenvalue weighted by Gasteiger charge is 2.58. The van der Waals surface area contributed by atoms with Gasteiger partial charge in [-0.25, -0.2) is 0 Å². The molecule has 2 aliphatic rings. The lowest BCUT2D eigenvalue weighted by Gasteiger charge is -2.34. The molecule has 6 atom stereocenters. The molecule has 202 valence electrons. The first kappa shape index (κ1) is 27.9. The van der Waals surface area contributed by atoms with Gasteiger partial charge in [0.2, 0.25) is 17.7 Å². The van der Waals surface area contributed by atoms with Crippen molar-refractivity contribution in [2.75, 3.05) is 19.0 Å². The number of likely N-dealkylation sites (tertiary alicyclic amines) is 1. The van der Waals surface area contributed by atoms with E-state index in [0.717, 1.165) is 24.0 Å². The van der Waals surface area contributed by atoms with E-state index in [1.165, 1.54) is 4.90 Å². The fraction of sp³-hybridized carbons (Fsp3) is 0.433. The Morgan fingerprint density at radius 3 is 2.45 bits per heavy atom. The third-order valence-electron chi connectivity index (χ3n) is 7.88. The van der Waals surface area contributed by atoms with Gasteiger partial charge in [0, 0.05) is 13.0 Å². The average Bonchev–Trinajstić information content (AvgIpc) is 3.21. The van der Waals surface area contributed by atoms with Crippen LogP contribution < -0.4 is 10.6 Å². The number of aryl methyl sites for hydroxylation is 1. The average molecular weight is 538 g/mol. The fourth-order valence-corrected chi connectivity index (χ4v) is 6.37. The Labute approximate surface area is 229 Å². The number of rotatable bonds is 9. The number of halogens is 1. The number of nitrogens with zero attached hydrogens (tertiary/aromatic N) is 1. The maximum atomic E-state index is 14.2. The number of aliphatic hydroxyl groups is 1. The standard InChI is InChI=1S/C30H36ClN3O4/c1-4-9-20-14-15-22-25(24(20)28(36)32-3)30(38)34(21(17-35)16-19-11-6-5-7-12-19)27(22)29(37)33-26-18(2)10-8-13-23(26)31/h5-8,10-15,20-22,24-25,27,35H,4,9,16-17H2,1-3H3,(H,32,36)(H,33,37)/t20-,21-,22+,24-,25+,27+/m1/s1. The molecule has 0 spiro atoms. The van der Waals surface area contributed by atoms with Crippen molar-refractivity contribution in [1.29, 1.82) is 0 Å². The molecule has 1 aliphatic carbocycles. The summed E-state index contributed by atoms with van der Waals surface area (Å²) in [7, 11) is 1.58. The minimum atomic E-state index is -0.907. The Morgan fingerprint density at radius 1 is 1.08 bits per heavy atom. The monoisotopic (exact) mass is 537 g/mol. The summed E-state index contributed by atoms with van der Waals surface area (Å²) >= 11 is 6.42. The number of carbonyl (C=O) groups excluding carboxylic acids is 3. The van der Waals surface area contributed by atoms with E-state index >= 15 is 0 Å². The minimum absolute atomic E-state index is 0.110. The number of fused-ring (bicyclic) bond motifs is 1. The molecular weight excluding hydrogens is 502 g/mol. The molecule has 4 rings (SSSR count). The Bertz CT molecular complexity index is 1180. The van der Waals surface area contributed by atoms with Crippen molar-refractivity contribution in [2.24, 2.45) is 23.7 Å². The van der Waals surface area contributed by atoms with Crippen molar-refractivity contribution in [3.05, 3.63) is 76.8 Å². The Morgan fingerprint density at radius 2 is 1.82 bits per heavy atom. The van der Waals surface area contributed by atoms with E-state index in [1.807, 2.05) is 68.5 Å². The molecule has 8 heteroatoms. The number of nitrogens with one attached hydrogen (secondary N) is 2. The fourth-order valence-electron chi connectivity index (χ4n) is 6.10. The van der Waals surface area contributed by atoms with Gasteiger partial charge in [-0.15, -0.1) is 0 Å². The second-order valence-electron chi connectivity index (χ2n) is 10.2. The van der Waals surface area contributed by atoms with Gasteiger partial charge in [-0.1, -0.05) is 79.6 Å². The van der Waals surface area contributed by atoms with Gasteiger partial charge < -0.3 is 20.6 Å². The molecule has 0 unspecified atom stereocenters. The molecule has 0 aromatic heterocycles. The van der Waals surface area contributed by atoms with Gasteiger partial charge in [-0.3, -0.25) is 14.4 Å². The van der Waals surface area contributed by atoms with E-state index in [1.54, 1.807) is 13.1 Å². The van der Waals surface area contributed by atoms with E-state index in [4.69, 9.17) is 11.6 Å². The smallest absolute Gasteiger partial charge is 0.247 e. The first-order valence-corrected chi connectivity index (χ1v) is 13.6. The van der Waals surface area contributed by atoms with Gasteiger partial charge in [-0.05, 0) is 42.9 Å². The van der Waals surface area contributed by atoms with Crippen LogP contribution in [0.4, 0.5) is 5.69 Å². The number of allylic oxidation sites excluding steroid dienone is 1. The summed E-state index contributed by atoms with van der Waals surface area (Å²) in [6, 6.07) is 13.4. The maximum Gasteiger partial charge on any atom is 0.247 e. The molecule has 1 saturated heterocycles. The summed E-state index contributed by atoms with van der Waals surface area (Å²) < 4.78 is 0. The van der Waals surface area contributed by atoms with Crippen molar-refractivity contribution >= 4 is 35.0 Å². The lowest BCUT2D eigenvalue weighted by molar-refractivity contribution is -0.142. The van der Waals surface area contributed by atoms with Gasteiger partial charge in [0.25, 0.3) is 0 Å². The maximum absolute atomic E-state index is 14.2. The summed E-state index contributed by atoms with van der Waals surface area (Å²) in [4.78, 5) is 42.9. The number of hydrogen-bond acceptors (Lipinski definition) is 4. The quantitative estimate of drug-likeness (QED) is 0.421. The molecule has 1 aliphatic heterocycles. The molecule has 2 aromatic rings. The highest BCUT2D eigenvalue weighted by Crippen LogP contribution is 2.46. The lowest BCUT2D eigenvalue weighted by atomic mass is 9.68. The van der Waals surface area contributed by atoms with Crippen LogP contribution in [0.5, 0.6) is 0 Å². The van der Waals surface area contributed by atoms with Gasteiger partial charge in [0.15, 0.2) is 0 Å². The van der Waals surface area contributed by atoms with Crippen LogP contribution in [0.15, 0.2) is 60.7 Å². The van der Waals surface area contributed by atoms with Crippen LogP contribution in [0.3, 0.4) is 0 Å². The summed E-state index contributed by atoms with van der Waals surface area (Å²) in [5.41, 5.74) is 2.23. The Balaban J connectivity index is 1.78. The first-order chi connectivity index (χ1) is 18.3. The first-order valence-electron chi connectivity index (χ1n) is 13.2. The summed E-state index contributed by atoms with van der Waals surface area (Å²) in [6.45, 7) is 3.58. The molecule has 0 radical (unpaired) electrons. The molecule has 1 heterocycles. The van der Waals surface area contributed by atoms with Crippen molar-refractivity contribution < 1.29 is 19.5 Å². The van der Waals surface area contributed by atoms with Crippen LogP contribution >= 0.6 is 11.6 Å². The second kappa shape index (κ2) is 12.1. The third kappa shape index (κ3) is 5.36. The highest BCUT2D eigenvalue weighted by molar-refractivity contribution is 6.34. The van der Waals surface area contributed by atoms with Gasteiger partial charge >= 0.3 is 0 Å². The molecule has 7 nitrogen and oxygen atoms in total. The number of amides is 3. The number of para-hydroxylation sites is 1. The number of carbonyl (C=O) groups is 3. The predicted molar refractivity (Wildman–Crippen MR) is 149 cm³/mol. The molecule has 38 heavy (non-hydrogen) atoms. The Hall–Kier alpha value is -3.16. The van der Waals surface area contributed by atoms with Crippen LogP contribution in [-0.4, -0.2) is 53.5 Å². The van der Waals surface area contributed by atoms with Crippen LogP contribution in [0, 0.1) is 30.6 Å². The molecule has 2 aromatic carbocycles. The predicted octanol–water partition coefficient (Wildman–Crippen LogP) is 3.98. The summed E-state index contributed by atoms with van der Waals surface area (Å²) in [6.07, 6.45) is 5.93. The SMILES string of the molecule is CCC[C@@H]1C=C[C@H]2[C@H](C(=O)N([C@@H](CO)Cc3ccccc3)[C@@H]2C(=O)Nc2c(C)cccc2Cl)[C@@H]1C(=O)NC. The zero-order valence-electron chi connectivity index (χ0n) is 22.1. The van der Waals surface area contributed by atoms with Crippen LogP contribution in [0.2, 0.25) is 5.02 Å². The molecule has 3 N–H and O–H groups in total. The third-order valence-corrected chi connectivity index (χ3v) is 8.19. The van der Waals surface area contributed by atoms with Gasteiger partial charge in [-0.2, -0.15) is 0 Å². The van der Waals surface area contributed by atoms with Crippen LogP contribution in [0.1, 0.15) is 30.9 Å². The zero-order valence-corrected chi connectivity index (χ0v) is 22.8. The van der Waals surface area contributed by atoms with E-state index in [2.05, 4.69) is 10.6 Å². The number of hydrogen-bond donors (Lipinski definition) is 3. The van der Waals surface area contributed by atoms with Crippen LogP contribution in [0.25, 0.3) is 0 Å². The topological polar surface area (TPSA) is 98.7 Å². The van der Waals surface area contributed by atoms with Crippen LogP contribution in [-0.2, 0) is 20.8 Å². The largest absolute Gasteiger partial charge is 0.394 e. The van der Waals surface area contributed by atoms with E-state index in [9.17, 15) is 19.5 Å². The normalized spacial score (nSPS) is 25.1. The summed E-state index contributed by atoms with van der Waals surface area (Å²) in [5, 5.41) is 16.6. The Kier molecular flexibility index (Phi) is 8.90. The van der Waals surface area contributed by atoms with Crippen molar-refractivity contribution in [2.45, 2.75) is 45.2 Å². The summed E-state index contributed by atoms with van der Waals surface area (Å²) in [5.74, 6) is -2.80. The lowest BCUT2D eigenvalue weighted by Crippen LogP contribution is -2.51. The zero-order chi connectivity index (χ0) is 27.4. The van der Waals surface area contributed by atoms with E-state index in [-0.39, 0.29) is 30.2 Å². The van der Waals surface area contributed by atoms with E-state index in [0.29, 0.717) is 17.1 Å². The second-order valence-corrected chi connectivity index (χ2v) is 10.6. The van der Waals surface area contributed by atoms with Crippen molar-refractivity contribution in [1.82, 2.24) is 10.2 Å². The molecular formula is C30H36ClN3O4. The number of aliphatic hydroxyl groups excluding tert-OH is 1. The van der Waals surface area contributed by atoms with E-state index < -0.39 is 29.8 Å². The minimum Gasteiger partial charge on any atom is -0.394 e. The van der Waals surface area contributed by atoms with Crippen molar-refractivity contribution in [3.63, 3.8) is 0 Å². The highest BCUT2D eigenvalue weighted by atomic mass is 35.5. The molecule has 0 bridgehead atoms. The molecule has 3 amide bonds. The number of benzene rings is 2. The van der Waals surface area contributed by atoms with Crippen molar-refractivity contribution in [3.8, 4) is 0 Å². The number of anilines is 1. The van der Waals surface area contributed by atoms with Gasteiger partial charge in [0.05, 0.1) is 35.2 Å². The van der Waals surface area contributed by atoms with Gasteiger partial charge in [0.1, 0.15) is 6.04 Å². The molecule has 1 fully saturated rings.